The molecular formula is C18H26ClNO3. The van der Waals surface area contributed by atoms with Crippen molar-refractivity contribution in [2.45, 2.75) is 43.9 Å². The minimum Gasteiger partial charge on any atom is -0.381 e. The van der Waals surface area contributed by atoms with Crippen LogP contribution in [0, 0.1) is 0 Å². The van der Waals surface area contributed by atoms with Crippen LogP contribution in [0.4, 0.5) is 0 Å². The van der Waals surface area contributed by atoms with E-state index in [9.17, 15) is 0 Å². The lowest BCUT2D eigenvalue weighted by atomic mass is 9.84. The molecule has 0 saturated carbocycles. The maximum absolute atomic E-state index is 6.07. The van der Waals surface area contributed by atoms with Crippen LogP contribution < -0.4 is 5.32 Å². The van der Waals surface area contributed by atoms with Crippen LogP contribution in [0.15, 0.2) is 24.3 Å². The van der Waals surface area contributed by atoms with Crippen LogP contribution in [0.3, 0.4) is 0 Å². The summed E-state index contributed by atoms with van der Waals surface area (Å²) in [6, 6.07) is 8.33. The van der Waals surface area contributed by atoms with Gasteiger partial charge in [-0.3, -0.25) is 0 Å². The van der Waals surface area contributed by atoms with Crippen molar-refractivity contribution in [3.05, 3.63) is 34.9 Å². The molecule has 2 aliphatic heterocycles. The van der Waals surface area contributed by atoms with E-state index in [4.69, 9.17) is 25.8 Å². The largest absolute Gasteiger partial charge is 0.381 e. The van der Waals surface area contributed by atoms with Gasteiger partial charge in [-0.05, 0) is 43.4 Å². The van der Waals surface area contributed by atoms with Crippen molar-refractivity contribution in [1.82, 2.24) is 5.32 Å². The highest BCUT2D eigenvalue weighted by atomic mass is 35.5. The number of hydrogen-bond donors (Lipinski definition) is 1. The molecule has 1 N–H and O–H groups in total. The Labute approximate surface area is 143 Å². The molecule has 23 heavy (non-hydrogen) atoms. The van der Waals surface area contributed by atoms with E-state index < -0.39 is 0 Å². The number of halogens is 1. The normalized spacial score (nSPS) is 24.0. The third kappa shape index (κ3) is 5.16. The second-order valence-corrected chi connectivity index (χ2v) is 6.90. The highest BCUT2D eigenvalue weighted by Gasteiger charge is 2.38. The molecule has 0 amide bonds. The maximum atomic E-state index is 6.07. The highest BCUT2D eigenvalue weighted by molar-refractivity contribution is 6.30. The lowest BCUT2D eigenvalue weighted by molar-refractivity contribution is -0.140. The maximum Gasteiger partial charge on any atom is 0.0741 e. The van der Waals surface area contributed by atoms with E-state index in [1.807, 2.05) is 24.3 Å². The van der Waals surface area contributed by atoms with Crippen molar-refractivity contribution in [3.63, 3.8) is 0 Å². The Morgan fingerprint density at radius 1 is 1.17 bits per heavy atom. The summed E-state index contributed by atoms with van der Waals surface area (Å²) >= 11 is 5.87. The lowest BCUT2D eigenvalue weighted by Crippen LogP contribution is -2.50. The fourth-order valence-electron chi connectivity index (χ4n) is 3.40. The molecule has 0 radical (unpaired) electrons. The van der Waals surface area contributed by atoms with Crippen molar-refractivity contribution in [2.75, 3.05) is 33.0 Å². The van der Waals surface area contributed by atoms with Crippen molar-refractivity contribution >= 4 is 11.6 Å². The van der Waals surface area contributed by atoms with Gasteiger partial charge >= 0.3 is 0 Å². The first-order chi connectivity index (χ1) is 11.3. The van der Waals surface area contributed by atoms with Crippen LogP contribution in [0.2, 0.25) is 5.02 Å². The lowest BCUT2D eigenvalue weighted by Gasteiger charge is -2.43. The van der Waals surface area contributed by atoms with Gasteiger partial charge in [0.15, 0.2) is 0 Å². The molecule has 2 heterocycles. The van der Waals surface area contributed by atoms with Crippen LogP contribution in [0.5, 0.6) is 0 Å². The summed E-state index contributed by atoms with van der Waals surface area (Å²) in [7, 11) is 0. The van der Waals surface area contributed by atoms with Crippen molar-refractivity contribution < 1.29 is 14.2 Å². The van der Waals surface area contributed by atoms with Gasteiger partial charge in [0.25, 0.3) is 0 Å². The van der Waals surface area contributed by atoms with E-state index in [0.717, 1.165) is 69.2 Å². The first-order valence-electron chi connectivity index (χ1n) is 8.53. The molecule has 0 aliphatic carbocycles. The number of ether oxygens (including phenoxy) is 3. The zero-order chi connectivity index (χ0) is 16.0. The van der Waals surface area contributed by atoms with Crippen LogP contribution in [-0.2, 0) is 20.8 Å². The van der Waals surface area contributed by atoms with Gasteiger partial charge in [-0.25, -0.2) is 0 Å². The van der Waals surface area contributed by atoms with Gasteiger partial charge in [-0.1, -0.05) is 23.7 Å². The molecule has 4 nitrogen and oxygen atoms in total. The average Bonchev–Trinajstić information content (AvgIpc) is 2.57. The molecule has 1 aromatic rings. The van der Waals surface area contributed by atoms with Gasteiger partial charge in [0.05, 0.1) is 18.8 Å². The predicted molar refractivity (Wildman–Crippen MR) is 90.9 cm³/mol. The molecule has 2 fully saturated rings. The molecule has 1 atom stereocenters. The van der Waals surface area contributed by atoms with E-state index in [-0.39, 0.29) is 5.60 Å². The zero-order valence-corrected chi connectivity index (χ0v) is 14.3. The Morgan fingerprint density at radius 3 is 2.74 bits per heavy atom. The van der Waals surface area contributed by atoms with E-state index in [1.54, 1.807) is 0 Å². The Bertz CT molecular complexity index is 468. The van der Waals surface area contributed by atoms with Crippen LogP contribution in [0.1, 0.15) is 31.2 Å². The average molecular weight is 340 g/mol. The molecule has 1 aromatic carbocycles. The molecule has 5 heteroatoms. The Balaban J connectivity index is 1.33. The van der Waals surface area contributed by atoms with Gasteiger partial charge in [-0.15, -0.1) is 0 Å². The zero-order valence-electron chi connectivity index (χ0n) is 13.6. The van der Waals surface area contributed by atoms with Crippen LogP contribution in [0.25, 0.3) is 0 Å². The van der Waals surface area contributed by atoms with Gasteiger partial charge in [-0.2, -0.15) is 0 Å². The second kappa shape index (κ2) is 8.45. The van der Waals surface area contributed by atoms with E-state index in [0.29, 0.717) is 12.6 Å². The van der Waals surface area contributed by atoms with Crippen LogP contribution >= 0.6 is 11.6 Å². The Morgan fingerprint density at radius 2 is 1.96 bits per heavy atom. The molecular weight excluding hydrogens is 314 g/mol. The summed E-state index contributed by atoms with van der Waals surface area (Å²) in [6.45, 7) is 4.74. The van der Waals surface area contributed by atoms with E-state index >= 15 is 0 Å². The molecule has 128 valence electrons. The third-order valence-corrected chi connectivity index (χ3v) is 5.01. The summed E-state index contributed by atoms with van der Waals surface area (Å²) < 4.78 is 17.3. The standard InChI is InChI=1S/C18H26ClNO3/c19-16-3-1-15(2-4-16)14-22-12-8-20-17-5-9-23-18(13-17)6-10-21-11-7-18/h1-4,17,20H,5-14H2/t17-/m0/s1. The van der Waals surface area contributed by atoms with Gasteiger partial charge < -0.3 is 19.5 Å². The monoisotopic (exact) mass is 339 g/mol. The quantitative estimate of drug-likeness (QED) is 0.808. The Hall–Kier alpha value is -0.650. The van der Waals surface area contributed by atoms with Crippen molar-refractivity contribution in [1.29, 1.82) is 0 Å². The summed E-state index contributed by atoms with van der Waals surface area (Å²) in [4.78, 5) is 0. The molecule has 2 aliphatic rings. The SMILES string of the molecule is Clc1ccc(COCCN[C@H]2CCOC3(CCOCC3)C2)cc1. The summed E-state index contributed by atoms with van der Waals surface area (Å²) in [5.41, 5.74) is 1.21. The number of nitrogens with one attached hydrogen (secondary N) is 1. The Kier molecular flexibility index (Phi) is 6.31. The molecule has 2 saturated heterocycles. The summed E-state index contributed by atoms with van der Waals surface area (Å²) in [5, 5.41) is 4.38. The molecule has 0 unspecified atom stereocenters. The molecule has 0 bridgehead atoms. The van der Waals surface area contributed by atoms with Gasteiger partial charge in [0.2, 0.25) is 0 Å². The molecule has 3 rings (SSSR count). The number of benzene rings is 1. The summed E-state index contributed by atoms with van der Waals surface area (Å²) in [6.07, 6.45) is 4.23. The molecule has 0 aromatic heterocycles. The van der Waals surface area contributed by atoms with Gasteiger partial charge in [0.1, 0.15) is 0 Å². The summed E-state index contributed by atoms with van der Waals surface area (Å²) in [5.74, 6) is 0. The first kappa shape index (κ1) is 17.2. The fraction of sp³-hybridized carbons (Fsp3) is 0.667. The van der Waals surface area contributed by atoms with Crippen LogP contribution in [-0.4, -0.2) is 44.6 Å². The highest BCUT2D eigenvalue weighted by Crippen LogP contribution is 2.34. The third-order valence-electron chi connectivity index (χ3n) is 4.76. The van der Waals surface area contributed by atoms with Crippen molar-refractivity contribution in [2.24, 2.45) is 0 Å². The number of rotatable bonds is 6. The first-order valence-corrected chi connectivity index (χ1v) is 8.91. The predicted octanol–water partition coefficient (Wildman–Crippen LogP) is 3.17. The minimum absolute atomic E-state index is 0.0539. The fourth-order valence-corrected chi connectivity index (χ4v) is 3.53. The topological polar surface area (TPSA) is 39.7 Å². The number of hydrogen-bond acceptors (Lipinski definition) is 4. The van der Waals surface area contributed by atoms with E-state index in [2.05, 4.69) is 5.32 Å². The smallest absolute Gasteiger partial charge is 0.0741 e. The minimum atomic E-state index is 0.0539. The van der Waals surface area contributed by atoms with Crippen molar-refractivity contribution in [3.8, 4) is 0 Å². The van der Waals surface area contributed by atoms with E-state index in [1.165, 1.54) is 0 Å². The second-order valence-electron chi connectivity index (χ2n) is 6.47. The van der Waals surface area contributed by atoms with Gasteiger partial charge in [0, 0.05) is 37.4 Å². The molecule has 1 spiro atoms.